The number of carbonyl (C=O) groups excluding carboxylic acids is 1. The molecule has 1 unspecified atom stereocenters. The summed E-state index contributed by atoms with van der Waals surface area (Å²) in [6, 6.07) is 11.2. The molecule has 2 aromatic rings. The van der Waals surface area contributed by atoms with Gasteiger partial charge < -0.3 is 24.4 Å². The van der Waals surface area contributed by atoms with Crippen LogP contribution >= 0.6 is 0 Å². The van der Waals surface area contributed by atoms with Crippen molar-refractivity contribution in [1.82, 2.24) is 0 Å². The number of fused-ring (bicyclic) bond motifs is 1. The number of benzene rings is 2. The number of methoxy groups -OCH3 is 3. The van der Waals surface area contributed by atoms with E-state index in [1.165, 1.54) is 5.56 Å². The maximum Gasteiger partial charge on any atom is 0.249 e. The van der Waals surface area contributed by atoms with Crippen molar-refractivity contribution in [2.24, 2.45) is 0 Å². The summed E-state index contributed by atoms with van der Waals surface area (Å²) >= 11 is 0. The third-order valence-electron chi connectivity index (χ3n) is 4.57. The van der Waals surface area contributed by atoms with E-state index in [1.54, 1.807) is 33.5 Å². The molecule has 1 aliphatic rings. The zero-order chi connectivity index (χ0) is 18.7. The number of para-hydroxylation sites is 1. The van der Waals surface area contributed by atoms with Gasteiger partial charge >= 0.3 is 0 Å². The first-order valence-corrected chi connectivity index (χ1v) is 8.54. The number of hydrogen-bond donors (Lipinski definition) is 1. The molecule has 0 aromatic heterocycles. The van der Waals surface area contributed by atoms with E-state index in [2.05, 4.69) is 11.4 Å². The van der Waals surface area contributed by atoms with Gasteiger partial charge in [0.1, 0.15) is 6.04 Å². The smallest absolute Gasteiger partial charge is 0.249 e. The fraction of sp³-hybridized carbons (Fsp3) is 0.350. The second kappa shape index (κ2) is 7.56. The minimum absolute atomic E-state index is 0.0312. The quantitative estimate of drug-likeness (QED) is 0.862. The fourth-order valence-corrected chi connectivity index (χ4v) is 3.28. The minimum Gasteiger partial charge on any atom is -0.493 e. The van der Waals surface area contributed by atoms with Gasteiger partial charge in [0.2, 0.25) is 11.7 Å². The van der Waals surface area contributed by atoms with E-state index >= 15 is 0 Å². The van der Waals surface area contributed by atoms with E-state index in [0.717, 1.165) is 17.8 Å². The predicted molar refractivity (Wildman–Crippen MR) is 102 cm³/mol. The van der Waals surface area contributed by atoms with Crippen molar-refractivity contribution >= 4 is 17.3 Å². The highest BCUT2D eigenvalue weighted by atomic mass is 16.5. The van der Waals surface area contributed by atoms with Crippen molar-refractivity contribution in [1.29, 1.82) is 0 Å². The molecule has 0 spiro atoms. The molecule has 1 aliphatic heterocycles. The second-order valence-corrected chi connectivity index (χ2v) is 6.15. The largest absolute Gasteiger partial charge is 0.493 e. The highest BCUT2D eigenvalue weighted by Crippen LogP contribution is 2.40. The Morgan fingerprint density at radius 2 is 1.73 bits per heavy atom. The van der Waals surface area contributed by atoms with Gasteiger partial charge in [-0.1, -0.05) is 18.2 Å². The van der Waals surface area contributed by atoms with Gasteiger partial charge in [0.05, 0.1) is 21.3 Å². The van der Waals surface area contributed by atoms with Gasteiger partial charge in [-0.2, -0.15) is 0 Å². The van der Waals surface area contributed by atoms with Crippen LogP contribution in [0.5, 0.6) is 17.2 Å². The number of carbonyl (C=O) groups is 1. The van der Waals surface area contributed by atoms with Crippen LogP contribution in [0.15, 0.2) is 36.4 Å². The van der Waals surface area contributed by atoms with E-state index in [-0.39, 0.29) is 5.91 Å². The van der Waals surface area contributed by atoms with Crippen molar-refractivity contribution in [3.63, 3.8) is 0 Å². The summed E-state index contributed by atoms with van der Waals surface area (Å²) in [7, 11) is 4.69. The van der Waals surface area contributed by atoms with Crippen molar-refractivity contribution in [3.8, 4) is 17.2 Å². The van der Waals surface area contributed by atoms with Crippen LogP contribution in [0.25, 0.3) is 0 Å². The Balaban J connectivity index is 1.80. The minimum atomic E-state index is -0.399. The molecule has 3 rings (SSSR count). The van der Waals surface area contributed by atoms with E-state index in [1.807, 2.05) is 30.0 Å². The molecule has 0 bridgehead atoms. The molecule has 1 heterocycles. The van der Waals surface area contributed by atoms with Gasteiger partial charge in [-0.3, -0.25) is 4.79 Å². The molecule has 6 nitrogen and oxygen atoms in total. The van der Waals surface area contributed by atoms with Gasteiger partial charge in [-0.15, -0.1) is 0 Å². The molecule has 138 valence electrons. The van der Waals surface area contributed by atoms with Gasteiger partial charge in [0, 0.05) is 30.1 Å². The molecule has 0 saturated carbocycles. The highest BCUT2D eigenvalue weighted by Gasteiger charge is 2.28. The molecule has 1 atom stereocenters. The monoisotopic (exact) mass is 356 g/mol. The van der Waals surface area contributed by atoms with Crippen LogP contribution in [0.1, 0.15) is 12.5 Å². The lowest BCUT2D eigenvalue weighted by molar-refractivity contribution is -0.118. The van der Waals surface area contributed by atoms with Crippen molar-refractivity contribution in [3.05, 3.63) is 42.0 Å². The summed E-state index contributed by atoms with van der Waals surface area (Å²) in [5.41, 5.74) is 2.93. The van der Waals surface area contributed by atoms with E-state index in [0.29, 0.717) is 23.8 Å². The first kappa shape index (κ1) is 17.9. The summed E-state index contributed by atoms with van der Waals surface area (Å²) in [6.45, 7) is 2.56. The molecule has 26 heavy (non-hydrogen) atoms. The van der Waals surface area contributed by atoms with Crippen LogP contribution < -0.4 is 24.4 Å². The Morgan fingerprint density at radius 1 is 1.08 bits per heavy atom. The lowest BCUT2D eigenvalue weighted by Crippen LogP contribution is -2.40. The van der Waals surface area contributed by atoms with Crippen LogP contribution in [0.3, 0.4) is 0 Å². The second-order valence-electron chi connectivity index (χ2n) is 6.15. The molecule has 1 amide bonds. The fourth-order valence-electron chi connectivity index (χ4n) is 3.28. The third-order valence-corrected chi connectivity index (χ3v) is 4.57. The molecule has 0 saturated heterocycles. The Bertz CT molecular complexity index is 781. The third kappa shape index (κ3) is 3.27. The van der Waals surface area contributed by atoms with Crippen molar-refractivity contribution in [2.45, 2.75) is 19.4 Å². The van der Waals surface area contributed by atoms with Gasteiger partial charge in [0.25, 0.3) is 0 Å². The van der Waals surface area contributed by atoms with E-state index in [4.69, 9.17) is 14.2 Å². The average Bonchev–Trinajstić information content (AvgIpc) is 3.10. The number of nitrogens with zero attached hydrogens (tertiary/aromatic N) is 1. The van der Waals surface area contributed by atoms with Gasteiger partial charge in [0.15, 0.2) is 11.5 Å². The zero-order valence-corrected chi connectivity index (χ0v) is 15.5. The molecule has 6 heteroatoms. The number of nitrogens with one attached hydrogen (secondary N) is 1. The summed E-state index contributed by atoms with van der Waals surface area (Å²) < 4.78 is 16.1. The summed E-state index contributed by atoms with van der Waals surface area (Å²) in [4.78, 5) is 14.8. The first-order valence-electron chi connectivity index (χ1n) is 8.54. The summed E-state index contributed by atoms with van der Waals surface area (Å²) in [5.74, 6) is 1.64. The number of ether oxygens (including phenoxy) is 3. The van der Waals surface area contributed by atoms with Crippen LogP contribution in [-0.4, -0.2) is 39.8 Å². The molecule has 0 radical (unpaired) electrons. The number of anilines is 2. The van der Waals surface area contributed by atoms with Gasteiger partial charge in [-0.25, -0.2) is 0 Å². The maximum absolute atomic E-state index is 12.9. The molecule has 0 aliphatic carbocycles. The Kier molecular flexibility index (Phi) is 5.21. The van der Waals surface area contributed by atoms with Crippen LogP contribution in [0, 0.1) is 0 Å². The average molecular weight is 356 g/mol. The standard InChI is InChI=1S/C20H24N2O4/c1-13(20(23)22-10-9-14-7-5-6-8-16(14)22)21-15-11-17(24-2)19(26-4)18(12-15)25-3/h5-8,11-13,21H,9-10H2,1-4H3. The van der Waals surface area contributed by atoms with Crippen molar-refractivity contribution < 1.29 is 19.0 Å². The number of amides is 1. The molecule has 0 fully saturated rings. The first-order chi connectivity index (χ1) is 12.6. The summed E-state index contributed by atoms with van der Waals surface area (Å²) in [5, 5.41) is 3.24. The van der Waals surface area contributed by atoms with E-state index < -0.39 is 6.04 Å². The van der Waals surface area contributed by atoms with Gasteiger partial charge in [-0.05, 0) is 25.0 Å². The topological polar surface area (TPSA) is 60.0 Å². The zero-order valence-electron chi connectivity index (χ0n) is 15.5. The van der Waals surface area contributed by atoms with Crippen LogP contribution in [0.2, 0.25) is 0 Å². The lowest BCUT2D eigenvalue weighted by atomic mass is 10.2. The lowest BCUT2D eigenvalue weighted by Gasteiger charge is -2.23. The highest BCUT2D eigenvalue weighted by molar-refractivity contribution is 6.00. The Hall–Kier alpha value is -2.89. The van der Waals surface area contributed by atoms with Crippen LogP contribution in [-0.2, 0) is 11.2 Å². The Morgan fingerprint density at radius 3 is 2.35 bits per heavy atom. The molecule has 1 N–H and O–H groups in total. The SMILES string of the molecule is COc1cc(NC(C)C(=O)N2CCc3ccccc32)cc(OC)c1OC. The van der Waals surface area contributed by atoms with E-state index in [9.17, 15) is 4.79 Å². The maximum atomic E-state index is 12.9. The summed E-state index contributed by atoms with van der Waals surface area (Å²) in [6.07, 6.45) is 0.888. The molecule has 2 aromatic carbocycles. The normalized spacial score (nSPS) is 13.8. The van der Waals surface area contributed by atoms with Crippen LogP contribution in [0.4, 0.5) is 11.4 Å². The Labute approximate surface area is 153 Å². The molecular weight excluding hydrogens is 332 g/mol. The number of hydrogen-bond acceptors (Lipinski definition) is 5. The number of rotatable bonds is 6. The van der Waals surface area contributed by atoms with Crippen molar-refractivity contribution in [2.75, 3.05) is 38.1 Å². The predicted octanol–water partition coefficient (Wildman–Crippen LogP) is 3.10. The molecular formula is C20H24N2O4.